The van der Waals surface area contributed by atoms with Gasteiger partial charge in [-0.05, 0) is 49.2 Å². The molecule has 0 aliphatic carbocycles. The molecule has 0 aliphatic heterocycles. The van der Waals surface area contributed by atoms with E-state index in [1.807, 2.05) is 30.3 Å². The minimum atomic E-state index is -0.747. The van der Waals surface area contributed by atoms with E-state index < -0.39 is 18.0 Å². The van der Waals surface area contributed by atoms with Crippen molar-refractivity contribution < 1.29 is 28.5 Å². The fraction of sp³-hybridized carbons (Fsp3) is 0.300. The first kappa shape index (κ1) is 19.3. The molecule has 6 heteroatoms. The van der Waals surface area contributed by atoms with Gasteiger partial charge in [0.15, 0.2) is 6.10 Å². The average Bonchev–Trinajstić information content (AvgIpc) is 2.70. The third-order valence-corrected chi connectivity index (χ3v) is 3.64. The van der Waals surface area contributed by atoms with Crippen LogP contribution in [-0.2, 0) is 14.3 Å². The van der Waals surface area contributed by atoms with Gasteiger partial charge in [-0.25, -0.2) is 9.59 Å². The lowest BCUT2D eigenvalue weighted by Crippen LogP contribution is -2.29. The summed E-state index contributed by atoms with van der Waals surface area (Å²) in [6, 6.07) is 15.8. The quantitative estimate of drug-likeness (QED) is 0.506. The molecule has 0 heterocycles. The third-order valence-electron chi connectivity index (χ3n) is 3.64. The lowest BCUT2D eigenvalue weighted by atomic mass is 10.2. The van der Waals surface area contributed by atoms with Crippen LogP contribution < -0.4 is 9.47 Å². The van der Waals surface area contributed by atoms with Crippen molar-refractivity contribution >= 4 is 11.9 Å². The van der Waals surface area contributed by atoms with Crippen LogP contribution in [0.2, 0.25) is 0 Å². The number of carbonyl (C=O) groups excluding carboxylic acids is 2. The second-order valence-electron chi connectivity index (χ2n) is 5.45. The molecule has 0 saturated heterocycles. The van der Waals surface area contributed by atoms with Crippen LogP contribution in [0.15, 0.2) is 54.6 Å². The Hall–Kier alpha value is -3.02. The zero-order valence-electron chi connectivity index (χ0n) is 14.8. The molecule has 0 fully saturated rings. The highest BCUT2D eigenvalue weighted by Crippen LogP contribution is 2.17. The summed E-state index contributed by atoms with van der Waals surface area (Å²) >= 11 is 0. The molecule has 0 spiro atoms. The number of esters is 2. The second-order valence-corrected chi connectivity index (χ2v) is 5.45. The molecule has 0 aromatic heterocycles. The second kappa shape index (κ2) is 10.1. The summed E-state index contributed by atoms with van der Waals surface area (Å²) in [5.74, 6) is 0.361. The molecule has 0 N–H and O–H groups in total. The van der Waals surface area contributed by atoms with Gasteiger partial charge in [0.25, 0.3) is 0 Å². The van der Waals surface area contributed by atoms with Gasteiger partial charge in [-0.15, -0.1) is 0 Å². The van der Waals surface area contributed by atoms with Crippen LogP contribution >= 0.6 is 0 Å². The highest BCUT2D eigenvalue weighted by molar-refractivity contribution is 5.89. The summed E-state index contributed by atoms with van der Waals surface area (Å²) in [7, 11) is 2.64. The number of para-hydroxylation sites is 1. The first-order chi connectivity index (χ1) is 12.6. The van der Waals surface area contributed by atoms with Crippen molar-refractivity contribution in [3.8, 4) is 11.5 Å². The summed E-state index contributed by atoms with van der Waals surface area (Å²) in [5, 5.41) is 0. The number of hydrogen-bond acceptors (Lipinski definition) is 6. The Morgan fingerprint density at radius 1 is 0.885 bits per heavy atom. The average molecular weight is 358 g/mol. The zero-order valence-corrected chi connectivity index (χ0v) is 14.8. The molecule has 2 rings (SSSR count). The molecule has 2 aromatic rings. The smallest absolute Gasteiger partial charge is 0.347 e. The first-order valence-corrected chi connectivity index (χ1v) is 8.24. The van der Waals surface area contributed by atoms with E-state index in [0.29, 0.717) is 30.8 Å². The lowest BCUT2D eigenvalue weighted by Gasteiger charge is -2.17. The van der Waals surface area contributed by atoms with E-state index in [1.54, 1.807) is 24.3 Å². The summed E-state index contributed by atoms with van der Waals surface area (Å²) in [6.45, 7) is 0.460. The van der Waals surface area contributed by atoms with Crippen molar-refractivity contribution in [2.24, 2.45) is 0 Å². The van der Waals surface area contributed by atoms with E-state index in [2.05, 4.69) is 4.74 Å². The van der Waals surface area contributed by atoms with Crippen molar-refractivity contribution in [3.05, 3.63) is 60.2 Å². The normalized spacial score (nSPS) is 11.3. The molecule has 0 bridgehead atoms. The van der Waals surface area contributed by atoms with Crippen LogP contribution in [0.5, 0.6) is 11.5 Å². The molecule has 0 radical (unpaired) electrons. The largest absolute Gasteiger partial charge is 0.494 e. The predicted octanol–water partition coefficient (Wildman–Crippen LogP) is 3.25. The Balaban J connectivity index is 1.88. The van der Waals surface area contributed by atoms with Gasteiger partial charge in [0, 0.05) is 0 Å². The molecule has 1 atom stereocenters. The third kappa shape index (κ3) is 5.81. The van der Waals surface area contributed by atoms with Crippen LogP contribution in [0.3, 0.4) is 0 Å². The minimum Gasteiger partial charge on any atom is -0.494 e. The zero-order chi connectivity index (χ0) is 18.8. The number of benzene rings is 2. The maximum atomic E-state index is 11.9. The van der Waals surface area contributed by atoms with Gasteiger partial charge in [-0.2, -0.15) is 0 Å². The summed E-state index contributed by atoms with van der Waals surface area (Å²) in [5.41, 5.74) is 0.408. The molecule has 1 unspecified atom stereocenters. The maximum absolute atomic E-state index is 11.9. The topological polar surface area (TPSA) is 71.1 Å². The van der Waals surface area contributed by atoms with E-state index in [4.69, 9.17) is 14.2 Å². The first-order valence-electron chi connectivity index (χ1n) is 8.24. The molecular weight excluding hydrogens is 336 g/mol. The van der Waals surface area contributed by atoms with E-state index >= 15 is 0 Å². The minimum absolute atomic E-state index is 0.408. The predicted molar refractivity (Wildman–Crippen MR) is 95.4 cm³/mol. The number of carbonyl (C=O) groups is 2. The molecule has 6 nitrogen and oxygen atoms in total. The van der Waals surface area contributed by atoms with Crippen molar-refractivity contribution in [2.45, 2.75) is 18.9 Å². The van der Waals surface area contributed by atoms with E-state index in [-0.39, 0.29) is 0 Å². The number of hydrogen-bond donors (Lipinski definition) is 0. The van der Waals surface area contributed by atoms with Crippen LogP contribution in [0, 0.1) is 0 Å². The Morgan fingerprint density at radius 3 is 2.19 bits per heavy atom. The van der Waals surface area contributed by atoms with E-state index in [1.165, 1.54) is 14.2 Å². The fourth-order valence-electron chi connectivity index (χ4n) is 2.28. The van der Waals surface area contributed by atoms with Crippen LogP contribution in [0.1, 0.15) is 23.2 Å². The molecule has 26 heavy (non-hydrogen) atoms. The molecule has 0 amide bonds. The Bertz CT molecular complexity index is 696. The molecular formula is C20H22O6. The summed E-state index contributed by atoms with van der Waals surface area (Å²) in [4.78, 5) is 23.4. The molecule has 138 valence electrons. The Labute approximate surface area is 152 Å². The maximum Gasteiger partial charge on any atom is 0.347 e. The van der Waals surface area contributed by atoms with Gasteiger partial charge >= 0.3 is 11.9 Å². The monoisotopic (exact) mass is 358 g/mol. The van der Waals surface area contributed by atoms with Gasteiger partial charge in [0.2, 0.25) is 0 Å². The van der Waals surface area contributed by atoms with Crippen LogP contribution in [-0.4, -0.2) is 38.9 Å². The van der Waals surface area contributed by atoms with Gasteiger partial charge in [0.05, 0.1) is 26.4 Å². The molecule has 0 aliphatic rings. The lowest BCUT2D eigenvalue weighted by molar-refractivity contribution is -0.149. The molecule has 2 aromatic carbocycles. The number of methoxy groups -OCH3 is 2. The van der Waals surface area contributed by atoms with Gasteiger partial charge < -0.3 is 18.9 Å². The highest BCUT2D eigenvalue weighted by atomic mass is 16.6. The Kier molecular flexibility index (Phi) is 7.49. The number of rotatable bonds is 9. The van der Waals surface area contributed by atoms with Crippen molar-refractivity contribution in [1.29, 1.82) is 0 Å². The van der Waals surface area contributed by atoms with Crippen molar-refractivity contribution in [2.75, 3.05) is 20.8 Å². The number of ether oxygens (including phenoxy) is 4. The van der Waals surface area contributed by atoms with Gasteiger partial charge in [-0.1, -0.05) is 18.2 Å². The van der Waals surface area contributed by atoms with Crippen molar-refractivity contribution in [3.63, 3.8) is 0 Å². The fourth-order valence-corrected chi connectivity index (χ4v) is 2.28. The Morgan fingerprint density at radius 2 is 1.58 bits per heavy atom. The SMILES string of the molecule is COC(=O)c1ccc(OC(CCCOc2ccccc2)C(=O)OC)cc1. The summed E-state index contributed by atoms with van der Waals surface area (Å²) in [6.07, 6.45) is 0.316. The van der Waals surface area contributed by atoms with E-state index in [9.17, 15) is 9.59 Å². The van der Waals surface area contributed by atoms with Crippen LogP contribution in [0.4, 0.5) is 0 Å². The van der Waals surface area contributed by atoms with E-state index in [0.717, 1.165) is 5.75 Å². The highest BCUT2D eigenvalue weighted by Gasteiger charge is 2.21. The standard InChI is InChI=1S/C20H22O6/c1-23-19(21)15-10-12-17(13-11-15)26-18(20(22)24-2)9-6-14-25-16-7-4-3-5-8-16/h3-5,7-8,10-13,18H,6,9,14H2,1-2H3. The van der Waals surface area contributed by atoms with Gasteiger partial charge in [0.1, 0.15) is 11.5 Å². The van der Waals surface area contributed by atoms with Crippen molar-refractivity contribution in [1.82, 2.24) is 0 Å². The van der Waals surface area contributed by atoms with Gasteiger partial charge in [-0.3, -0.25) is 0 Å². The van der Waals surface area contributed by atoms with Crippen LogP contribution in [0.25, 0.3) is 0 Å². The molecule has 0 saturated carbocycles. The summed E-state index contributed by atoms with van der Waals surface area (Å²) < 4.78 is 20.8.